The minimum atomic E-state index is 0.0603. The maximum absolute atomic E-state index is 12.7. The van der Waals surface area contributed by atoms with E-state index in [4.69, 9.17) is 11.6 Å². The Morgan fingerprint density at radius 3 is 2.32 bits per heavy atom. The molecule has 7 heteroatoms. The number of halogens is 2. The lowest BCUT2D eigenvalue weighted by molar-refractivity contribution is 0.0746. The molecule has 1 aromatic heterocycles. The maximum atomic E-state index is 12.7. The van der Waals surface area contributed by atoms with Gasteiger partial charge in [0.25, 0.3) is 5.91 Å². The van der Waals surface area contributed by atoms with Crippen molar-refractivity contribution in [3.8, 4) is 11.3 Å². The van der Waals surface area contributed by atoms with E-state index in [1.54, 1.807) is 0 Å². The van der Waals surface area contributed by atoms with Crippen LogP contribution in [0.3, 0.4) is 0 Å². The minimum absolute atomic E-state index is 0.0603. The van der Waals surface area contributed by atoms with Crippen molar-refractivity contribution < 1.29 is 4.79 Å². The van der Waals surface area contributed by atoms with E-state index in [1.165, 1.54) is 0 Å². The summed E-state index contributed by atoms with van der Waals surface area (Å²) in [5.41, 5.74) is 2.49. The van der Waals surface area contributed by atoms with Crippen molar-refractivity contribution in [2.24, 2.45) is 0 Å². The molecule has 1 saturated heterocycles. The largest absolute Gasteiger partial charge is 0.352 e. The number of rotatable bonds is 3. The fraction of sp³-hybridized carbons (Fsp3) is 0.190. The Morgan fingerprint density at radius 1 is 0.929 bits per heavy atom. The number of anilines is 1. The van der Waals surface area contributed by atoms with Gasteiger partial charge >= 0.3 is 0 Å². The Balaban J connectivity index is 1.39. The molecule has 1 aliphatic rings. The first kappa shape index (κ1) is 18.9. The lowest BCUT2D eigenvalue weighted by Crippen LogP contribution is -2.49. The van der Waals surface area contributed by atoms with Crippen molar-refractivity contribution in [1.29, 1.82) is 0 Å². The Kier molecular flexibility index (Phi) is 5.59. The van der Waals surface area contributed by atoms with Crippen LogP contribution in [-0.2, 0) is 0 Å². The number of piperazine rings is 1. The molecule has 2 aromatic carbocycles. The van der Waals surface area contributed by atoms with Crippen molar-refractivity contribution in [1.82, 2.24) is 15.1 Å². The Labute approximate surface area is 177 Å². The molecule has 0 N–H and O–H groups in total. The second kappa shape index (κ2) is 8.29. The third kappa shape index (κ3) is 4.18. The summed E-state index contributed by atoms with van der Waals surface area (Å²) in [7, 11) is 0. The molecule has 0 atom stereocenters. The molecule has 0 aliphatic carbocycles. The second-order valence-corrected chi connectivity index (χ2v) is 7.93. The van der Waals surface area contributed by atoms with Gasteiger partial charge in [-0.25, -0.2) is 0 Å². The highest BCUT2D eigenvalue weighted by Gasteiger charge is 2.23. The number of carbonyl (C=O) groups is 1. The molecular formula is C21H18BrClN4O. The maximum Gasteiger partial charge on any atom is 0.254 e. The van der Waals surface area contributed by atoms with Crippen LogP contribution < -0.4 is 4.90 Å². The first-order valence-electron chi connectivity index (χ1n) is 8.99. The average Bonchev–Trinajstić information content (AvgIpc) is 2.74. The number of benzene rings is 2. The summed E-state index contributed by atoms with van der Waals surface area (Å²) >= 11 is 9.35. The number of hydrogen-bond acceptors (Lipinski definition) is 4. The Hall–Kier alpha value is -2.44. The number of nitrogens with zero attached hydrogens (tertiary/aromatic N) is 4. The average molecular weight is 458 g/mol. The van der Waals surface area contributed by atoms with Crippen LogP contribution in [0.1, 0.15) is 10.4 Å². The summed E-state index contributed by atoms with van der Waals surface area (Å²) < 4.78 is 0.910. The highest BCUT2D eigenvalue weighted by atomic mass is 79.9. The zero-order valence-corrected chi connectivity index (χ0v) is 17.4. The summed E-state index contributed by atoms with van der Waals surface area (Å²) in [6.07, 6.45) is 0. The van der Waals surface area contributed by atoms with Crippen LogP contribution in [0.5, 0.6) is 0 Å². The lowest BCUT2D eigenvalue weighted by Gasteiger charge is -2.35. The van der Waals surface area contributed by atoms with E-state index in [0.29, 0.717) is 23.7 Å². The third-order valence-corrected chi connectivity index (χ3v) is 5.50. The normalized spacial score (nSPS) is 14.2. The van der Waals surface area contributed by atoms with E-state index in [0.717, 1.165) is 34.6 Å². The summed E-state index contributed by atoms with van der Waals surface area (Å²) in [6.45, 7) is 2.78. The number of hydrogen-bond donors (Lipinski definition) is 0. The van der Waals surface area contributed by atoms with E-state index in [-0.39, 0.29) is 5.91 Å². The predicted octanol–water partition coefficient (Wildman–Crippen LogP) is 4.52. The SMILES string of the molecule is O=C(c1cccc(Br)c1)N1CCN(c2ccc(-c3ccc(Cl)cc3)nn2)CC1. The van der Waals surface area contributed by atoms with Gasteiger partial charge in [0.1, 0.15) is 0 Å². The Bertz CT molecular complexity index is 970. The van der Waals surface area contributed by atoms with Crippen LogP contribution in [-0.4, -0.2) is 47.2 Å². The van der Waals surface area contributed by atoms with E-state index in [1.807, 2.05) is 65.6 Å². The van der Waals surface area contributed by atoms with E-state index in [9.17, 15) is 4.79 Å². The molecular weight excluding hydrogens is 440 g/mol. The fourth-order valence-electron chi connectivity index (χ4n) is 3.21. The summed E-state index contributed by atoms with van der Waals surface area (Å²) in [5, 5.41) is 9.42. The van der Waals surface area contributed by atoms with Crippen molar-refractivity contribution in [2.75, 3.05) is 31.1 Å². The van der Waals surface area contributed by atoms with Crippen LogP contribution in [0.4, 0.5) is 5.82 Å². The molecule has 1 aliphatic heterocycles. The molecule has 0 saturated carbocycles. The first-order valence-corrected chi connectivity index (χ1v) is 10.2. The smallest absolute Gasteiger partial charge is 0.254 e. The van der Waals surface area contributed by atoms with Crippen LogP contribution in [0.25, 0.3) is 11.3 Å². The summed E-state index contributed by atoms with van der Waals surface area (Å²) in [4.78, 5) is 16.7. The topological polar surface area (TPSA) is 49.3 Å². The molecule has 0 unspecified atom stereocenters. The van der Waals surface area contributed by atoms with Crippen molar-refractivity contribution in [2.45, 2.75) is 0 Å². The van der Waals surface area contributed by atoms with Gasteiger partial charge in [0.15, 0.2) is 5.82 Å². The van der Waals surface area contributed by atoms with Crippen molar-refractivity contribution in [3.05, 3.63) is 75.7 Å². The zero-order chi connectivity index (χ0) is 19.5. The molecule has 1 amide bonds. The fourth-order valence-corrected chi connectivity index (χ4v) is 3.74. The van der Waals surface area contributed by atoms with Gasteiger partial charge in [-0.3, -0.25) is 4.79 Å². The minimum Gasteiger partial charge on any atom is -0.352 e. The molecule has 28 heavy (non-hydrogen) atoms. The standard InChI is InChI=1S/C21H18BrClN4O/c22-17-3-1-2-16(14-17)21(28)27-12-10-26(11-13-27)20-9-8-19(24-25-20)15-4-6-18(23)7-5-15/h1-9,14H,10-13H2. The summed E-state index contributed by atoms with van der Waals surface area (Å²) in [5.74, 6) is 0.886. The zero-order valence-electron chi connectivity index (χ0n) is 15.1. The van der Waals surface area contributed by atoms with Crippen LogP contribution >= 0.6 is 27.5 Å². The summed E-state index contributed by atoms with van der Waals surface area (Å²) in [6, 6.07) is 19.0. The van der Waals surface area contributed by atoms with Gasteiger partial charge in [0, 0.05) is 46.8 Å². The van der Waals surface area contributed by atoms with Crippen molar-refractivity contribution >= 4 is 39.3 Å². The van der Waals surface area contributed by atoms with Gasteiger partial charge < -0.3 is 9.80 Å². The quantitative estimate of drug-likeness (QED) is 0.580. The monoisotopic (exact) mass is 456 g/mol. The number of amides is 1. The van der Waals surface area contributed by atoms with Crippen LogP contribution in [0.15, 0.2) is 65.1 Å². The molecule has 0 radical (unpaired) electrons. The van der Waals surface area contributed by atoms with E-state index in [2.05, 4.69) is 31.0 Å². The van der Waals surface area contributed by atoms with Gasteiger partial charge in [-0.05, 0) is 42.5 Å². The highest BCUT2D eigenvalue weighted by Crippen LogP contribution is 2.22. The number of aromatic nitrogens is 2. The molecule has 142 valence electrons. The molecule has 1 fully saturated rings. The van der Waals surface area contributed by atoms with Crippen LogP contribution in [0, 0.1) is 0 Å². The van der Waals surface area contributed by atoms with Gasteiger partial charge in [0.2, 0.25) is 0 Å². The predicted molar refractivity (Wildman–Crippen MR) is 115 cm³/mol. The molecule has 4 rings (SSSR count). The third-order valence-electron chi connectivity index (χ3n) is 4.75. The second-order valence-electron chi connectivity index (χ2n) is 6.57. The van der Waals surface area contributed by atoms with Gasteiger partial charge in [0.05, 0.1) is 5.69 Å². The lowest BCUT2D eigenvalue weighted by atomic mass is 10.1. The van der Waals surface area contributed by atoms with E-state index < -0.39 is 0 Å². The van der Waals surface area contributed by atoms with Crippen LogP contribution in [0.2, 0.25) is 5.02 Å². The van der Waals surface area contributed by atoms with Gasteiger partial charge in [-0.1, -0.05) is 45.7 Å². The van der Waals surface area contributed by atoms with Gasteiger partial charge in [-0.2, -0.15) is 0 Å². The molecule has 3 aromatic rings. The highest BCUT2D eigenvalue weighted by molar-refractivity contribution is 9.10. The van der Waals surface area contributed by atoms with Crippen molar-refractivity contribution in [3.63, 3.8) is 0 Å². The number of carbonyl (C=O) groups excluding carboxylic acids is 1. The first-order chi connectivity index (χ1) is 13.6. The van der Waals surface area contributed by atoms with Gasteiger partial charge in [-0.15, -0.1) is 10.2 Å². The molecule has 0 spiro atoms. The molecule has 0 bridgehead atoms. The molecule has 2 heterocycles. The van der Waals surface area contributed by atoms with E-state index >= 15 is 0 Å². The Morgan fingerprint density at radius 2 is 1.68 bits per heavy atom. The molecule has 5 nitrogen and oxygen atoms in total.